The molecular weight excluding hydrogens is 156 g/mol. The molecule has 0 saturated heterocycles. The summed E-state index contributed by atoms with van der Waals surface area (Å²) in [6.07, 6.45) is 1.40. The van der Waals surface area contributed by atoms with Gasteiger partial charge in [0.1, 0.15) is 5.97 Å². The first kappa shape index (κ1) is 6.91. The zero-order chi connectivity index (χ0) is 8.55. The smallest absolute Gasteiger partial charge is 0.157 e. The van der Waals surface area contributed by atoms with Gasteiger partial charge in [-0.2, -0.15) is 0 Å². The maximum Gasteiger partial charge on any atom is 0.157 e. The number of carboxylic acid groups (broad SMARTS) is 1. The van der Waals surface area contributed by atoms with Crippen molar-refractivity contribution in [3.8, 4) is 0 Å². The van der Waals surface area contributed by atoms with Gasteiger partial charge in [-0.05, 0) is 0 Å². The molecule has 1 aromatic heterocycles. The minimum absolute atomic E-state index is 0.106. The number of aromatic carboxylic acids is 1. The van der Waals surface area contributed by atoms with Crippen LogP contribution in [-0.4, -0.2) is 5.97 Å². The van der Waals surface area contributed by atoms with E-state index < -0.39 is 5.97 Å². The summed E-state index contributed by atoms with van der Waals surface area (Å²) >= 11 is 0. The molecule has 12 heavy (non-hydrogen) atoms. The summed E-state index contributed by atoms with van der Waals surface area (Å²) in [6.45, 7) is 0. The Morgan fingerprint density at radius 1 is 1.33 bits per heavy atom. The summed E-state index contributed by atoms with van der Waals surface area (Å²) in [5, 5.41) is 11.8. The van der Waals surface area contributed by atoms with Gasteiger partial charge in [-0.1, -0.05) is 24.3 Å². The Hall–Kier alpha value is -1.77. The number of hydrogen-bond donors (Lipinski definition) is 0. The Kier molecular flexibility index (Phi) is 1.37. The van der Waals surface area contributed by atoms with Gasteiger partial charge in [0.2, 0.25) is 0 Å². The predicted molar refractivity (Wildman–Crippen MR) is 40.5 cm³/mol. The molecule has 0 fully saturated rings. The van der Waals surface area contributed by atoms with Gasteiger partial charge in [0.05, 0.1) is 6.26 Å². The second-order valence-corrected chi connectivity index (χ2v) is 2.44. The van der Waals surface area contributed by atoms with Crippen molar-refractivity contribution < 1.29 is 14.3 Å². The molecule has 0 aliphatic heterocycles. The van der Waals surface area contributed by atoms with Crippen molar-refractivity contribution in [1.29, 1.82) is 0 Å². The van der Waals surface area contributed by atoms with Crippen molar-refractivity contribution in [2.45, 2.75) is 0 Å². The third-order valence-electron chi connectivity index (χ3n) is 1.69. The van der Waals surface area contributed by atoms with Crippen molar-refractivity contribution in [3.05, 3.63) is 36.3 Å². The second-order valence-electron chi connectivity index (χ2n) is 2.44. The molecule has 60 valence electrons. The molecule has 0 N–H and O–H groups in total. The third-order valence-corrected chi connectivity index (χ3v) is 1.69. The van der Waals surface area contributed by atoms with Crippen LogP contribution in [0.25, 0.3) is 10.8 Å². The first-order valence-electron chi connectivity index (χ1n) is 3.46. The van der Waals surface area contributed by atoms with Crippen LogP contribution >= 0.6 is 0 Å². The topological polar surface area (TPSA) is 53.3 Å². The van der Waals surface area contributed by atoms with Gasteiger partial charge >= 0.3 is 0 Å². The highest BCUT2D eigenvalue weighted by Gasteiger charge is 2.04. The minimum atomic E-state index is -1.28. The van der Waals surface area contributed by atoms with E-state index in [1.165, 1.54) is 6.26 Å². The number of carboxylic acids is 1. The molecule has 1 heterocycles. The molecule has 2 aromatic rings. The van der Waals surface area contributed by atoms with Crippen molar-refractivity contribution in [1.82, 2.24) is 0 Å². The number of carbonyl (C=O) groups is 1. The van der Waals surface area contributed by atoms with E-state index in [9.17, 15) is 9.90 Å². The normalized spacial score (nSPS) is 10.3. The number of carbonyl (C=O) groups excluding carboxylic acids is 1. The van der Waals surface area contributed by atoms with E-state index in [0.29, 0.717) is 5.39 Å². The van der Waals surface area contributed by atoms with E-state index in [1.54, 1.807) is 18.2 Å². The highest BCUT2D eigenvalue weighted by molar-refractivity contribution is 6.00. The molecule has 0 aliphatic carbocycles. The first-order valence-corrected chi connectivity index (χ1v) is 3.46. The van der Waals surface area contributed by atoms with Crippen LogP contribution in [0, 0.1) is 0 Å². The van der Waals surface area contributed by atoms with E-state index in [1.807, 2.05) is 6.07 Å². The molecule has 0 saturated carbocycles. The van der Waals surface area contributed by atoms with E-state index in [-0.39, 0.29) is 5.76 Å². The minimum Gasteiger partial charge on any atom is -0.542 e. The zero-order valence-corrected chi connectivity index (χ0v) is 6.11. The molecule has 0 unspecified atom stereocenters. The van der Waals surface area contributed by atoms with Crippen molar-refractivity contribution in [3.63, 3.8) is 0 Å². The van der Waals surface area contributed by atoms with E-state index in [2.05, 4.69) is 0 Å². The molecular formula is C9H5O3-. The molecule has 3 nitrogen and oxygen atoms in total. The fourth-order valence-corrected chi connectivity index (χ4v) is 1.15. The van der Waals surface area contributed by atoms with Crippen LogP contribution < -0.4 is 5.11 Å². The van der Waals surface area contributed by atoms with Gasteiger partial charge in [0.25, 0.3) is 0 Å². The van der Waals surface area contributed by atoms with Crippen LogP contribution in [-0.2, 0) is 0 Å². The Bertz CT molecular complexity index is 428. The molecule has 2 rings (SSSR count). The first-order chi connectivity index (χ1) is 5.79. The Morgan fingerprint density at radius 2 is 2.08 bits per heavy atom. The van der Waals surface area contributed by atoms with Crippen LogP contribution in [0.4, 0.5) is 0 Å². The molecule has 3 heteroatoms. The summed E-state index contributed by atoms with van der Waals surface area (Å²) in [7, 11) is 0. The highest BCUT2D eigenvalue weighted by atomic mass is 16.4. The standard InChI is InChI=1S/C9H6O3/c10-9(11)8-7-4-2-1-3-6(7)5-12-8/h1-5H,(H,10,11)/p-1. The maximum atomic E-state index is 10.5. The van der Waals surface area contributed by atoms with E-state index in [4.69, 9.17) is 4.42 Å². The lowest BCUT2D eigenvalue weighted by atomic mass is 10.2. The third kappa shape index (κ3) is 0.871. The summed E-state index contributed by atoms with van der Waals surface area (Å²) in [5.74, 6) is -1.39. The summed E-state index contributed by atoms with van der Waals surface area (Å²) in [4.78, 5) is 10.5. The lowest BCUT2D eigenvalue weighted by Gasteiger charge is -1.95. The van der Waals surface area contributed by atoms with Gasteiger partial charge in [0.15, 0.2) is 5.76 Å². The van der Waals surface area contributed by atoms with Crippen LogP contribution in [0.5, 0.6) is 0 Å². The monoisotopic (exact) mass is 161 g/mol. The molecule has 0 radical (unpaired) electrons. The maximum absolute atomic E-state index is 10.5. The number of fused-ring (bicyclic) bond motifs is 1. The average Bonchev–Trinajstić information content (AvgIpc) is 2.47. The molecule has 0 atom stereocenters. The highest BCUT2D eigenvalue weighted by Crippen LogP contribution is 2.19. The lowest BCUT2D eigenvalue weighted by Crippen LogP contribution is -2.21. The number of benzene rings is 1. The lowest BCUT2D eigenvalue weighted by molar-refractivity contribution is -0.256. The van der Waals surface area contributed by atoms with Gasteiger partial charge in [-0.3, -0.25) is 0 Å². The van der Waals surface area contributed by atoms with Gasteiger partial charge in [-0.25, -0.2) is 0 Å². The number of hydrogen-bond acceptors (Lipinski definition) is 3. The van der Waals surface area contributed by atoms with Crippen LogP contribution in [0.3, 0.4) is 0 Å². The molecule has 0 aliphatic rings. The summed E-state index contributed by atoms with van der Waals surface area (Å²) in [6, 6.07) is 7.04. The molecule has 0 spiro atoms. The SMILES string of the molecule is O=C([O-])c1occ2ccccc12. The largest absolute Gasteiger partial charge is 0.542 e. The van der Waals surface area contributed by atoms with Crippen molar-refractivity contribution in [2.75, 3.05) is 0 Å². The number of rotatable bonds is 1. The quantitative estimate of drug-likeness (QED) is 0.621. The fourth-order valence-electron chi connectivity index (χ4n) is 1.15. The predicted octanol–water partition coefficient (Wildman–Crippen LogP) is 0.796. The van der Waals surface area contributed by atoms with E-state index in [0.717, 1.165) is 5.39 Å². The Balaban J connectivity index is 2.79. The zero-order valence-electron chi connectivity index (χ0n) is 6.11. The van der Waals surface area contributed by atoms with Crippen LogP contribution in [0.2, 0.25) is 0 Å². The van der Waals surface area contributed by atoms with Crippen molar-refractivity contribution >= 4 is 16.7 Å². The van der Waals surface area contributed by atoms with Crippen molar-refractivity contribution in [2.24, 2.45) is 0 Å². The number of furan rings is 1. The van der Waals surface area contributed by atoms with Gasteiger partial charge in [-0.15, -0.1) is 0 Å². The second kappa shape index (κ2) is 2.37. The Labute approximate surface area is 68.2 Å². The summed E-state index contributed by atoms with van der Waals surface area (Å²) in [5.41, 5.74) is 0. The molecule has 1 aromatic carbocycles. The van der Waals surface area contributed by atoms with Gasteiger partial charge in [0, 0.05) is 10.8 Å². The summed E-state index contributed by atoms with van der Waals surface area (Å²) < 4.78 is 4.81. The van der Waals surface area contributed by atoms with Crippen LogP contribution in [0.15, 0.2) is 34.9 Å². The van der Waals surface area contributed by atoms with E-state index >= 15 is 0 Å². The molecule has 0 bridgehead atoms. The average molecular weight is 161 g/mol. The Morgan fingerprint density at radius 3 is 2.83 bits per heavy atom. The fraction of sp³-hybridized carbons (Fsp3) is 0. The van der Waals surface area contributed by atoms with Gasteiger partial charge < -0.3 is 14.3 Å². The van der Waals surface area contributed by atoms with Crippen LogP contribution in [0.1, 0.15) is 10.6 Å². The molecule has 0 amide bonds.